The van der Waals surface area contributed by atoms with Crippen LogP contribution in [0.3, 0.4) is 0 Å². The number of fused-ring (bicyclic) bond motifs is 1. The zero-order valence-electron chi connectivity index (χ0n) is 13.3. The van der Waals surface area contributed by atoms with Crippen molar-refractivity contribution >= 4 is 10.8 Å². The largest absolute Gasteiger partial charge is 0.326 e. The second-order valence-electron chi connectivity index (χ2n) is 7.22. The lowest BCUT2D eigenvalue weighted by Crippen LogP contribution is -2.53. The van der Waals surface area contributed by atoms with Crippen LogP contribution in [-0.4, -0.2) is 23.0 Å². The number of hydrogen-bond acceptors (Lipinski definition) is 2. The Morgan fingerprint density at radius 3 is 2.48 bits per heavy atom. The van der Waals surface area contributed by atoms with Crippen molar-refractivity contribution in [2.45, 2.75) is 51.2 Å². The van der Waals surface area contributed by atoms with Crippen LogP contribution < -0.4 is 5.73 Å². The van der Waals surface area contributed by atoms with E-state index in [-0.39, 0.29) is 11.6 Å². The van der Waals surface area contributed by atoms with E-state index in [2.05, 4.69) is 68.1 Å². The first-order valence-corrected chi connectivity index (χ1v) is 7.98. The van der Waals surface area contributed by atoms with E-state index in [1.54, 1.807) is 0 Å². The molecule has 2 aromatic rings. The van der Waals surface area contributed by atoms with Crippen LogP contribution in [0.5, 0.6) is 0 Å². The molecule has 1 aliphatic heterocycles. The summed E-state index contributed by atoms with van der Waals surface area (Å²) in [6, 6.07) is 15.9. The van der Waals surface area contributed by atoms with E-state index < -0.39 is 0 Å². The minimum Gasteiger partial charge on any atom is -0.326 e. The van der Waals surface area contributed by atoms with Crippen molar-refractivity contribution in [3.63, 3.8) is 0 Å². The molecule has 0 aliphatic carbocycles. The van der Waals surface area contributed by atoms with Crippen LogP contribution in [0, 0.1) is 0 Å². The summed E-state index contributed by atoms with van der Waals surface area (Å²) in [7, 11) is 0. The smallest absolute Gasteiger partial charge is 0.0504 e. The zero-order valence-corrected chi connectivity index (χ0v) is 13.3. The molecule has 0 bridgehead atoms. The van der Waals surface area contributed by atoms with Gasteiger partial charge in [-0.25, -0.2) is 0 Å². The van der Waals surface area contributed by atoms with E-state index in [1.807, 2.05) is 0 Å². The summed E-state index contributed by atoms with van der Waals surface area (Å²) in [5.41, 5.74) is 8.00. The Labute approximate surface area is 127 Å². The second kappa shape index (κ2) is 5.43. The molecule has 0 saturated carbocycles. The van der Waals surface area contributed by atoms with Gasteiger partial charge >= 0.3 is 0 Å². The third-order valence-corrected chi connectivity index (χ3v) is 4.65. The first-order valence-electron chi connectivity index (χ1n) is 7.98. The van der Waals surface area contributed by atoms with Gasteiger partial charge in [-0.15, -0.1) is 0 Å². The summed E-state index contributed by atoms with van der Waals surface area (Å²) in [5.74, 6) is 0. The Morgan fingerprint density at radius 2 is 1.76 bits per heavy atom. The van der Waals surface area contributed by atoms with E-state index in [1.165, 1.54) is 22.8 Å². The number of nitrogens with two attached hydrogens (primary N) is 1. The molecule has 21 heavy (non-hydrogen) atoms. The Kier molecular flexibility index (Phi) is 3.76. The fourth-order valence-corrected chi connectivity index (χ4v) is 3.60. The van der Waals surface area contributed by atoms with Crippen molar-refractivity contribution in [3.05, 3.63) is 48.0 Å². The molecule has 2 atom stereocenters. The summed E-state index contributed by atoms with van der Waals surface area (Å²) in [5, 5.41) is 2.61. The highest BCUT2D eigenvalue weighted by Crippen LogP contribution is 2.36. The van der Waals surface area contributed by atoms with Gasteiger partial charge < -0.3 is 5.73 Å². The topological polar surface area (TPSA) is 29.3 Å². The molecule has 0 spiro atoms. The normalized spacial score (nSPS) is 24.4. The third-order valence-electron chi connectivity index (χ3n) is 4.65. The zero-order chi connectivity index (χ0) is 15.0. The Morgan fingerprint density at radius 1 is 1.05 bits per heavy atom. The molecule has 0 radical (unpaired) electrons. The van der Waals surface area contributed by atoms with Crippen molar-refractivity contribution in [1.29, 1.82) is 0 Å². The van der Waals surface area contributed by atoms with Crippen molar-refractivity contribution in [1.82, 2.24) is 4.90 Å². The van der Waals surface area contributed by atoms with Crippen molar-refractivity contribution < 1.29 is 0 Å². The van der Waals surface area contributed by atoms with Crippen molar-refractivity contribution in [2.24, 2.45) is 5.73 Å². The van der Waals surface area contributed by atoms with E-state index >= 15 is 0 Å². The summed E-state index contributed by atoms with van der Waals surface area (Å²) >= 11 is 0. The highest BCUT2D eigenvalue weighted by molar-refractivity contribution is 5.83. The van der Waals surface area contributed by atoms with Gasteiger partial charge in [-0.1, -0.05) is 36.4 Å². The van der Waals surface area contributed by atoms with Crippen LogP contribution in [0.15, 0.2) is 42.5 Å². The summed E-state index contributed by atoms with van der Waals surface area (Å²) in [4.78, 5) is 2.57. The first-order chi connectivity index (χ1) is 9.97. The number of piperidine rings is 1. The van der Waals surface area contributed by atoms with Gasteiger partial charge in [-0.2, -0.15) is 0 Å². The molecule has 1 saturated heterocycles. The summed E-state index contributed by atoms with van der Waals surface area (Å²) in [6.07, 6.45) is 2.31. The Bertz CT molecular complexity index is 627. The number of hydrogen-bond donors (Lipinski definition) is 1. The lowest BCUT2D eigenvalue weighted by Gasteiger charge is -2.47. The van der Waals surface area contributed by atoms with Gasteiger partial charge in [0.05, 0.1) is 6.04 Å². The van der Waals surface area contributed by atoms with Gasteiger partial charge in [-0.3, -0.25) is 4.90 Å². The molecule has 1 heterocycles. The minimum absolute atomic E-state index is 0.147. The van der Waals surface area contributed by atoms with Gasteiger partial charge in [0.25, 0.3) is 0 Å². The van der Waals surface area contributed by atoms with E-state index in [0.29, 0.717) is 6.04 Å². The third kappa shape index (κ3) is 2.83. The molecule has 1 fully saturated rings. The minimum atomic E-state index is 0.147. The average molecular weight is 282 g/mol. The monoisotopic (exact) mass is 282 g/mol. The molecule has 2 nitrogen and oxygen atoms in total. The lowest BCUT2D eigenvalue weighted by molar-refractivity contribution is 0.0385. The number of rotatable bonds is 1. The highest BCUT2D eigenvalue weighted by Gasteiger charge is 2.36. The van der Waals surface area contributed by atoms with E-state index in [0.717, 1.165) is 13.0 Å². The van der Waals surface area contributed by atoms with Gasteiger partial charge in [0.2, 0.25) is 0 Å². The molecule has 2 unspecified atom stereocenters. The SMILES string of the molecule is CC(C)(C)N1CCCC(N)C1c1ccc2ccccc2c1. The predicted octanol–water partition coefficient (Wildman–Crippen LogP) is 4.10. The lowest BCUT2D eigenvalue weighted by atomic mass is 9.86. The predicted molar refractivity (Wildman–Crippen MR) is 90.4 cm³/mol. The Hall–Kier alpha value is -1.38. The van der Waals surface area contributed by atoms with Gasteiger partial charge in [0.15, 0.2) is 0 Å². The van der Waals surface area contributed by atoms with Crippen LogP contribution in [0.4, 0.5) is 0 Å². The number of likely N-dealkylation sites (tertiary alicyclic amines) is 1. The quantitative estimate of drug-likeness (QED) is 0.853. The molecule has 2 heteroatoms. The summed E-state index contributed by atoms with van der Waals surface area (Å²) in [6.45, 7) is 8.01. The number of nitrogens with zero attached hydrogens (tertiary/aromatic N) is 1. The van der Waals surface area contributed by atoms with Crippen molar-refractivity contribution in [3.8, 4) is 0 Å². The second-order valence-corrected chi connectivity index (χ2v) is 7.22. The van der Waals surface area contributed by atoms with Gasteiger partial charge in [0, 0.05) is 11.6 Å². The Balaban J connectivity index is 2.04. The van der Waals surface area contributed by atoms with Crippen LogP contribution >= 0.6 is 0 Å². The standard InChI is InChI=1S/C19H26N2/c1-19(2,3)21-12-6-9-17(20)18(21)16-11-10-14-7-4-5-8-15(14)13-16/h4-5,7-8,10-11,13,17-18H,6,9,12,20H2,1-3H3. The van der Waals surface area contributed by atoms with E-state index in [9.17, 15) is 0 Å². The molecule has 3 rings (SSSR count). The van der Waals surface area contributed by atoms with Crippen molar-refractivity contribution in [2.75, 3.05) is 6.54 Å². The molecular weight excluding hydrogens is 256 g/mol. The van der Waals surface area contributed by atoms with Crippen LogP contribution in [0.1, 0.15) is 45.2 Å². The summed E-state index contributed by atoms with van der Waals surface area (Å²) < 4.78 is 0. The maximum Gasteiger partial charge on any atom is 0.0504 e. The van der Waals surface area contributed by atoms with Gasteiger partial charge in [0.1, 0.15) is 0 Å². The highest BCUT2D eigenvalue weighted by atomic mass is 15.2. The fourth-order valence-electron chi connectivity index (χ4n) is 3.60. The van der Waals surface area contributed by atoms with Gasteiger partial charge in [-0.05, 0) is 62.6 Å². The van der Waals surface area contributed by atoms with Crippen LogP contribution in [0.2, 0.25) is 0 Å². The maximum absolute atomic E-state index is 6.50. The number of benzene rings is 2. The molecule has 2 aromatic carbocycles. The molecular formula is C19H26N2. The molecule has 0 amide bonds. The fraction of sp³-hybridized carbons (Fsp3) is 0.474. The van der Waals surface area contributed by atoms with Crippen LogP contribution in [-0.2, 0) is 0 Å². The maximum atomic E-state index is 6.50. The molecule has 112 valence electrons. The molecule has 2 N–H and O–H groups in total. The molecule has 0 aromatic heterocycles. The first kappa shape index (κ1) is 14.6. The van der Waals surface area contributed by atoms with E-state index in [4.69, 9.17) is 5.73 Å². The average Bonchev–Trinajstić information content (AvgIpc) is 2.45. The molecule has 1 aliphatic rings. The van der Waals surface area contributed by atoms with Crippen LogP contribution in [0.25, 0.3) is 10.8 Å².